The van der Waals surface area contributed by atoms with Crippen molar-refractivity contribution in [3.63, 3.8) is 0 Å². The summed E-state index contributed by atoms with van der Waals surface area (Å²) in [5, 5.41) is 2.37. The van der Waals surface area contributed by atoms with Crippen LogP contribution in [0.4, 0.5) is 0 Å². The number of para-hydroxylation sites is 2. The lowest BCUT2D eigenvalue weighted by Crippen LogP contribution is -2.68. The van der Waals surface area contributed by atoms with Crippen LogP contribution in [0.2, 0.25) is 0 Å². The first-order chi connectivity index (χ1) is 28.5. The molecule has 10 atom stereocenters. The number of hydrogen-bond acceptors (Lipinski definition) is 4. The van der Waals surface area contributed by atoms with Gasteiger partial charge in [0.2, 0.25) is 0 Å². The Balaban J connectivity index is 1.11. The van der Waals surface area contributed by atoms with E-state index in [0.29, 0.717) is 49.0 Å². The lowest BCUT2D eigenvalue weighted by Gasteiger charge is -2.59. The summed E-state index contributed by atoms with van der Waals surface area (Å²) in [5.74, 6) is 2.21. The van der Waals surface area contributed by atoms with Crippen molar-refractivity contribution in [2.24, 2.45) is 23.7 Å². The van der Waals surface area contributed by atoms with Gasteiger partial charge in [-0.15, -0.1) is 26.3 Å². The fraction of sp³-hybridized carbons (Fsp3) is 0.385. The number of piperidine rings is 6. The van der Waals surface area contributed by atoms with Crippen LogP contribution in [0, 0.1) is 23.7 Å². The molecule has 0 aliphatic carbocycles. The molecule has 5 aromatic rings. The molecule has 298 valence electrons. The van der Waals surface area contributed by atoms with Crippen molar-refractivity contribution < 1.29 is 18.4 Å². The number of nitrogens with zero attached hydrogens (tertiary/aromatic N) is 4. The van der Waals surface area contributed by atoms with Gasteiger partial charge in [0.05, 0.1) is 50.4 Å². The molecule has 3 aromatic carbocycles. The van der Waals surface area contributed by atoms with E-state index >= 15 is 0 Å². The molecule has 6 aliphatic rings. The number of pyridine rings is 2. The molecule has 11 rings (SSSR count). The van der Waals surface area contributed by atoms with Crippen molar-refractivity contribution in [3.8, 4) is 0 Å². The maximum absolute atomic E-state index is 6.94. The van der Waals surface area contributed by atoms with Gasteiger partial charge in [0.25, 0.3) is 0 Å². The Kier molecular flexibility index (Phi) is 11.0. The summed E-state index contributed by atoms with van der Waals surface area (Å²) in [6.07, 6.45) is 16.8. The van der Waals surface area contributed by atoms with Gasteiger partial charge in [-0.1, -0.05) is 85.0 Å². The molecule has 6 heteroatoms. The van der Waals surface area contributed by atoms with Crippen molar-refractivity contribution in [2.75, 3.05) is 39.4 Å². The molecule has 0 N–H and O–H groups in total. The Morgan fingerprint density at radius 2 is 1.02 bits per heavy atom. The summed E-state index contributed by atoms with van der Waals surface area (Å²) < 4.78 is 15.9. The quantitative estimate of drug-likeness (QED) is 0.0740. The van der Waals surface area contributed by atoms with Crippen LogP contribution in [0.3, 0.4) is 0 Å². The summed E-state index contributed by atoms with van der Waals surface area (Å²) in [7, 11) is 0. The van der Waals surface area contributed by atoms with Gasteiger partial charge in [-0.3, -0.25) is 9.97 Å². The molecule has 6 aliphatic heterocycles. The Bertz CT molecular complexity index is 2130. The molecule has 0 spiro atoms. The molecule has 6 saturated heterocycles. The van der Waals surface area contributed by atoms with Crippen LogP contribution in [-0.2, 0) is 22.6 Å². The number of quaternary nitrogens is 2. The number of ether oxygens (including phenoxy) is 2. The van der Waals surface area contributed by atoms with E-state index in [2.05, 4.69) is 123 Å². The first-order valence-corrected chi connectivity index (χ1v) is 21.7. The second kappa shape index (κ2) is 16.5. The zero-order valence-corrected chi connectivity index (χ0v) is 34.1. The predicted molar refractivity (Wildman–Crippen MR) is 236 cm³/mol. The second-order valence-electron chi connectivity index (χ2n) is 17.8. The van der Waals surface area contributed by atoms with E-state index in [-0.39, 0.29) is 12.2 Å². The SMILES string of the molecule is C=CCO[C@H](c1ccnc2ccccc12)C1CC2CC[N+]1(Cc1ccccc1C[N+]13CCC(CC1[C@H](OCC=C)c1ccnc4ccccc14)C(C=C)C3)CC2C=C. The number of fused-ring (bicyclic) bond motifs is 8. The van der Waals surface area contributed by atoms with Crippen LogP contribution in [-0.4, -0.2) is 70.4 Å². The Morgan fingerprint density at radius 3 is 1.45 bits per heavy atom. The molecule has 2 aromatic heterocycles. The van der Waals surface area contributed by atoms with Gasteiger partial charge in [0, 0.05) is 71.8 Å². The zero-order valence-electron chi connectivity index (χ0n) is 34.1. The number of aromatic nitrogens is 2. The van der Waals surface area contributed by atoms with Gasteiger partial charge in [0.1, 0.15) is 37.4 Å². The lowest BCUT2D eigenvalue weighted by molar-refractivity contribution is -0.987. The van der Waals surface area contributed by atoms with Crippen LogP contribution < -0.4 is 0 Å². The van der Waals surface area contributed by atoms with E-state index in [0.717, 1.165) is 72.1 Å². The average Bonchev–Trinajstić information content (AvgIpc) is 3.27. The molecule has 0 amide bonds. The van der Waals surface area contributed by atoms with Crippen LogP contribution >= 0.6 is 0 Å². The van der Waals surface area contributed by atoms with E-state index in [1.807, 2.05) is 24.5 Å². The van der Waals surface area contributed by atoms with Crippen LogP contribution in [0.15, 0.2) is 148 Å². The van der Waals surface area contributed by atoms with Crippen molar-refractivity contribution in [1.82, 2.24) is 9.97 Å². The van der Waals surface area contributed by atoms with Gasteiger partial charge in [-0.2, -0.15) is 0 Å². The smallest absolute Gasteiger partial charge is 0.135 e. The maximum Gasteiger partial charge on any atom is 0.135 e. The van der Waals surface area contributed by atoms with E-state index in [4.69, 9.17) is 19.4 Å². The minimum absolute atomic E-state index is 0.0784. The van der Waals surface area contributed by atoms with E-state index in [9.17, 15) is 0 Å². The van der Waals surface area contributed by atoms with Crippen LogP contribution in [0.5, 0.6) is 0 Å². The number of rotatable bonds is 16. The van der Waals surface area contributed by atoms with Gasteiger partial charge >= 0.3 is 0 Å². The largest absolute Gasteiger partial charge is 0.363 e. The fourth-order valence-electron chi connectivity index (χ4n) is 12.2. The van der Waals surface area contributed by atoms with E-state index < -0.39 is 0 Å². The third-order valence-electron chi connectivity index (χ3n) is 14.9. The van der Waals surface area contributed by atoms with E-state index in [1.165, 1.54) is 45.9 Å². The van der Waals surface area contributed by atoms with E-state index in [1.54, 1.807) is 0 Å². The van der Waals surface area contributed by atoms with Gasteiger partial charge in [-0.05, 0) is 47.2 Å². The Morgan fingerprint density at radius 1 is 0.586 bits per heavy atom. The van der Waals surface area contributed by atoms with Gasteiger partial charge < -0.3 is 18.4 Å². The highest BCUT2D eigenvalue weighted by atomic mass is 16.5. The van der Waals surface area contributed by atoms with Crippen LogP contribution in [0.25, 0.3) is 21.8 Å². The lowest BCUT2D eigenvalue weighted by atomic mass is 9.70. The third kappa shape index (κ3) is 6.98. The molecule has 8 unspecified atom stereocenters. The topological polar surface area (TPSA) is 44.2 Å². The van der Waals surface area contributed by atoms with Gasteiger partial charge in [-0.25, -0.2) is 0 Å². The first-order valence-electron chi connectivity index (χ1n) is 21.7. The number of benzene rings is 3. The highest BCUT2D eigenvalue weighted by Gasteiger charge is 2.57. The normalized spacial score (nSPS) is 29.9. The molecule has 6 fully saturated rings. The molecular weight excluding hydrogens is 713 g/mol. The monoisotopic (exact) mass is 772 g/mol. The minimum atomic E-state index is -0.0784. The molecule has 0 radical (unpaired) electrons. The summed E-state index contributed by atoms with van der Waals surface area (Å²) in [6.45, 7) is 24.3. The molecule has 0 saturated carbocycles. The third-order valence-corrected chi connectivity index (χ3v) is 14.9. The van der Waals surface area contributed by atoms with Gasteiger partial charge in [0.15, 0.2) is 0 Å². The van der Waals surface area contributed by atoms with Crippen molar-refractivity contribution in [3.05, 3.63) is 170 Å². The molecule has 58 heavy (non-hydrogen) atoms. The van der Waals surface area contributed by atoms with Crippen molar-refractivity contribution in [1.29, 1.82) is 0 Å². The highest BCUT2D eigenvalue weighted by Crippen LogP contribution is 2.51. The minimum Gasteiger partial charge on any atom is -0.363 e. The summed E-state index contributed by atoms with van der Waals surface area (Å²) in [5.41, 5.74) is 7.45. The molecule has 4 bridgehead atoms. The fourth-order valence-corrected chi connectivity index (χ4v) is 12.2. The maximum atomic E-state index is 6.94. The standard InChI is InChI=1S/C52H60N4O2/c1-5-29-57-51(45-21-25-53-47-19-13-11-17-43(45)47)49-31-39-23-27-55(49,33-37(39)7-3)35-41-15-9-10-16-42(41)36-56-28-24-40(38(8-4)34-56)32-50(56)52(58-30-6-2)46-22-26-54-48-20-14-12-18-44(46)48/h5-22,25-26,37-40,49-52H,1-4,23-24,27-36H2/q+2/t37?,38?,39?,40?,49?,50?,51-,52-,55?,56?/m1/s1. The summed E-state index contributed by atoms with van der Waals surface area (Å²) >= 11 is 0. The first kappa shape index (κ1) is 38.8. The molecule has 8 heterocycles. The second-order valence-corrected chi connectivity index (χ2v) is 17.8. The molecular formula is C52H60N4O2+2. The van der Waals surface area contributed by atoms with Crippen molar-refractivity contribution in [2.45, 2.75) is 63.1 Å². The van der Waals surface area contributed by atoms with Crippen molar-refractivity contribution >= 4 is 21.8 Å². The highest BCUT2D eigenvalue weighted by molar-refractivity contribution is 5.83. The molecule has 6 nitrogen and oxygen atoms in total. The Hall–Kier alpha value is -4.72. The summed E-state index contributed by atoms with van der Waals surface area (Å²) in [6, 6.07) is 31.5. The zero-order chi connectivity index (χ0) is 39.7. The Labute approximate surface area is 345 Å². The van der Waals surface area contributed by atoms with Crippen LogP contribution in [0.1, 0.15) is 60.1 Å². The number of hydrogen-bond donors (Lipinski definition) is 0. The predicted octanol–water partition coefficient (Wildman–Crippen LogP) is 10.5. The average molecular weight is 773 g/mol. The summed E-state index contributed by atoms with van der Waals surface area (Å²) in [4.78, 5) is 9.51.